The number of nitrogens with zero attached hydrogens (tertiary/aromatic N) is 3. The first kappa shape index (κ1) is 26.6. The molecule has 4 heterocycles. The molecule has 5 aromatic rings. The van der Waals surface area contributed by atoms with Crippen molar-refractivity contribution >= 4 is 22.6 Å². The van der Waals surface area contributed by atoms with Crippen LogP contribution in [0.25, 0.3) is 33.4 Å². The molecule has 0 spiro atoms. The van der Waals surface area contributed by atoms with Gasteiger partial charge >= 0.3 is 6.18 Å². The number of amides is 1. The number of hydrogen-bond donors (Lipinski definition) is 2. The van der Waals surface area contributed by atoms with Gasteiger partial charge in [-0.05, 0) is 35.9 Å². The Morgan fingerprint density at radius 3 is 2.40 bits per heavy atom. The maximum absolute atomic E-state index is 15.1. The highest BCUT2D eigenvalue weighted by molar-refractivity contribution is 5.92. The summed E-state index contributed by atoms with van der Waals surface area (Å²) in [6.45, 7) is 0. The number of pyridine rings is 3. The Morgan fingerprint density at radius 1 is 0.925 bits per heavy atom. The van der Waals surface area contributed by atoms with Crippen LogP contribution in [0.5, 0.6) is 11.8 Å². The van der Waals surface area contributed by atoms with Crippen molar-refractivity contribution in [3.8, 4) is 34.1 Å². The molecule has 8 nitrogen and oxygen atoms in total. The smallest absolute Gasteiger partial charge is 0.421 e. The van der Waals surface area contributed by atoms with Gasteiger partial charge in [0, 0.05) is 46.2 Å². The van der Waals surface area contributed by atoms with E-state index in [2.05, 4.69) is 30.0 Å². The van der Waals surface area contributed by atoms with E-state index in [4.69, 9.17) is 4.74 Å². The fraction of sp³-hybridized carbons (Fsp3) is 0.143. The van der Waals surface area contributed by atoms with E-state index in [9.17, 15) is 18.0 Å². The second-order valence-electron chi connectivity index (χ2n) is 8.75. The molecule has 0 atom stereocenters. The molecule has 4 aromatic heterocycles. The Bertz CT molecular complexity index is 1700. The average molecular weight is 552 g/mol. The van der Waals surface area contributed by atoms with Gasteiger partial charge in [-0.15, -0.1) is 0 Å². The largest absolute Gasteiger partial charge is 0.481 e. The van der Waals surface area contributed by atoms with Gasteiger partial charge in [0.05, 0.1) is 32.5 Å². The SMILES string of the molecule is COc1ccc(-c2cc3cc(-c4ccc(CC(=O)Nc5cnc(OC)c(C(F)(F)F)c5)cc4F)cnc3[nH]2)cn1. The van der Waals surface area contributed by atoms with Crippen LogP contribution in [0.3, 0.4) is 0 Å². The summed E-state index contributed by atoms with van der Waals surface area (Å²) in [4.78, 5) is 27.9. The molecule has 12 heteroatoms. The Hall–Kier alpha value is -5.00. The first-order chi connectivity index (χ1) is 19.1. The number of nitrogens with one attached hydrogen (secondary N) is 2. The van der Waals surface area contributed by atoms with E-state index in [0.29, 0.717) is 22.7 Å². The number of aromatic nitrogens is 4. The molecular formula is C28H21F4N5O3. The van der Waals surface area contributed by atoms with E-state index in [0.717, 1.165) is 36.0 Å². The number of aromatic amines is 1. The Morgan fingerprint density at radius 2 is 1.73 bits per heavy atom. The fourth-order valence-corrected chi connectivity index (χ4v) is 4.16. The average Bonchev–Trinajstić information content (AvgIpc) is 3.36. The molecule has 0 fully saturated rings. The molecule has 1 aromatic carbocycles. The first-order valence-electron chi connectivity index (χ1n) is 11.8. The third kappa shape index (κ3) is 5.55. The Kier molecular flexibility index (Phi) is 7.07. The highest BCUT2D eigenvalue weighted by Gasteiger charge is 2.35. The number of H-pyrrole nitrogens is 1. The van der Waals surface area contributed by atoms with Gasteiger partial charge in [0.25, 0.3) is 0 Å². The number of methoxy groups -OCH3 is 2. The third-order valence-corrected chi connectivity index (χ3v) is 6.07. The van der Waals surface area contributed by atoms with Crippen molar-refractivity contribution in [1.82, 2.24) is 19.9 Å². The summed E-state index contributed by atoms with van der Waals surface area (Å²) in [5.74, 6) is -1.33. The zero-order chi connectivity index (χ0) is 28.4. The highest BCUT2D eigenvalue weighted by atomic mass is 19.4. The van der Waals surface area contributed by atoms with Crippen LogP contribution in [0.2, 0.25) is 0 Å². The molecule has 1 amide bonds. The molecule has 2 N–H and O–H groups in total. The minimum atomic E-state index is -4.72. The number of carbonyl (C=O) groups is 1. The lowest BCUT2D eigenvalue weighted by atomic mass is 10.0. The van der Waals surface area contributed by atoms with E-state index < -0.39 is 29.3 Å². The zero-order valence-electron chi connectivity index (χ0n) is 21.1. The lowest BCUT2D eigenvalue weighted by Crippen LogP contribution is -2.16. The van der Waals surface area contributed by atoms with E-state index in [-0.39, 0.29) is 17.7 Å². The lowest BCUT2D eigenvalue weighted by Gasteiger charge is -2.13. The molecule has 0 radical (unpaired) electrons. The van der Waals surface area contributed by atoms with Gasteiger partial charge in [-0.25, -0.2) is 19.3 Å². The number of halogens is 4. The van der Waals surface area contributed by atoms with Gasteiger partial charge in [0.2, 0.25) is 17.7 Å². The minimum absolute atomic E-state index is 0.161. The van der Waals surface area contributed by atoms with Crippen molar-refractivity contribution in [2.24, 2.45) is 0 Å². The molecule has 0 bridgehead atoms. The van der Waals surface area contributed by atoms with Crippen LogP contribution >= 0.6 is 0 Å². The number of rotatable bonds is 7. The van der Waals surface area contributed by atoms with Gasteiger partial charge in [0.15, 0.2) is 0 Å². The van der Waals surface area contributed by atoms with Crippen LogP contribution in [0.1, 0.15) is 11.1 Å². The predicted octanol–water partition coefficient (Wildman–Crippen LogP) is 6.04. The molecule has 0 aliphatic heterocycles. The summed E-state index contributed by atoms with van der Waals surface area (Å²) in [5.41, 5.74) is 2.09. The van der Waals surface area contributed by atoms with E-state index in [1.165, 1.54) is 25.4 Å². The quantitative estimate of drug-likeness (QED) is 0.239. The third-order valence-electron chi connectivity index (χ3n) is 6.07. The molecule has 0 unspecified atom stereocenters. The van der Waals surface area contributed by atoms with E-state index in [1.54, 1.807) is 24.4 Å². The van der Waals surface area contributed by atoms with Crippen LogP contribution in [0.4, 0.5) is 23.2 Å². The maximum Gasteiger partial charge on any atom is 0.421 e. The Balaban J connectivity index is 1.32. The number of hydrogen-bond acceptors (Lipinski definition) is 6. The van der Waals surface area contributed by atoms with Gasteiger partial charge in [-0.2, -0.15) is 13.2 Å². The van der Waals surface area contributed by atoms with Crippen LogP contribution in [-0.4, -0.2) is 40.1 Å². The van der Waals surface area contributed by atoms with E-state index in [1.807, 2.05) is 12.1 Å². The number of benzene rings is 1. The monoisotopic (exact) mass is 551 g/mol. The second kappa shape index (κ2) is 10.6. The number of ether oxygens (including phenoxy) is 2. The first-order valence-corrected chi connectivity index (χ1v) is 11.8. The van der Waals surface area contributed by atoms with Gasteiger partial charge in [0.1, 0.15) is 17.0 Å². The van der Waals surface area contributed by atoms with Crippen LogP contribution in [0, 0.1) is 5.82 Å². The lowest BCUT2D eigenvalue weighted by molar-refractivity contribution is -0.139. The van der Waals surface area contributed by atoms with Gasteiger partial charge < -0.3 is 19.8 Å². The standard InChI is InChI=1S/C28H21F4N5O3/c1-39-25-6-4-16(12-33-25)23-10-17-9-18(13-34-26(17)37-23)20-5-3-15(7-22(20)29)8-24(38)36-19-11-21(28(30,31)32)27(40-2)35-14-19/h3-7,9-14H,8H2,1-2H3,(H,34,37)(H,36,38). The highest BCUT2D eigenvalue weighted by Crippen LogP contribution is 2.36. The molecule has 40 heavy (non-hydrogen) atoms. The maximum atomic E-state index is 15.1. The van der Waals surface area contributed by atoms with Crippen molar-refractivity contribution in [3.63, 3.8) is 0 Å². The number of anilines is 1. The summed E-state index contributed by atoms with van der Waals surface area (Å²) >= 11 is 0. The molecule has 0 saturated heterocycles. The predicted molar refractivity (Wildman–Crippen MR) is 139 cm³/mol. The molecule has 5 rings (SSSR count). The van der Waals surface area contributed by atoms with Crippen LogP contribution in [-0.2, 0) is 17.4 Å². The fourth-order valence-electron chi connectivity index (χ4n) is 4.16. The Labute approximate surface area is 225 Å². The second-order valence-corrected chi connectivity index (χ2v) is 8.75. The number of carbonyl (C=O) groups excluding carboxylic acids is 1. The molecule has 0 saturated carbocycles. The molecule has 0 aliphatic carbocycles. The van der Waals surface area contributed by atoms with Crippen molar-refractivity contribution in [3.05, 3.63) is 84.1 Å². The van der Waals surface area contributed by atoms with Crippen LogP contribution < -0.4 is 14.8 Å². The van der Waals surface area contributed by atoms with Gasteiger partial charge in [-0.1, -0.05) is 12.1 Å². The number of fused-ring (bicyclic) bond motifs is 1. The molecule has 0 aliphatic rings. The summed E-state index contributed by atoms with van der Waals surface area (Å²) in [7, 11) is 2.60. The number of alkyl halides is 3. The molecule has 204 valence electrons. The van der Waals surface area contributed by atoms with Crippen molar-refractivity contribution in [2.45, 2.75) is 12.6 Å². The normalized spacial score (nSPS) is 11.4. The van der Waals surface area contributed by atoms with E-state index >= 15 is 4.39 Å². The van der Waals surface area contributed by atoms with Crippen molar-refractivity contribution in [2.75, 3.05) is 19.5 Å². The summed E-state index contributed by atoms with van der Waals surface area (Å²) in [6.07, 6.45) is -0.728. The van der Waals surface area contributed by atoms with Crippen LogP contribution in [0.15, 0.2) is 67.1 Å². The topological polar surface area (TPSA) is 102 Å². The van der Waals surface area contributed by atoms with Crippen molar-refractivity contribution < 1.29 is 31.8 Å². The molecular weight excluding hydrogens is 530 g/mol. The zero-order valence-corrected chi connectivity index (χ0v) is 21.1. The van der Waals surface area contributed by atoms with Gasteiger partial charge in [-0.3, -0.25) is 4.79 Å². The summed E-state index contributed by atoms with van der Waals surface area (Å²) in [6, 6.07) is 12.3. The minimum Gasteiger partial charge on any atom is -0.481 e. The van der Waals surface area contributed by atoms with Crippen molar-refractivity contribution in [1.29, 1.82) is 0 Å². The summed E-state index contributed by atoms with van der Waals surface area (Å²) in [5, 5.41) is 3.12. The summed E-state index contributed by atoms with van der Waals surface area (Å²) < 4.78 is 64.5.